The molecule has 0 aromatic carbocycles. The van der Waals surface area contributed by atoms with Crippen molar-refractivity contribution in [1.29, 1.82) is 0 Å². The van der Waals surface area contributed by atoms with E-state index in [1.54, 1.807) is 6.07 Å². The summed E-state index contributed by atoms with van der Waals surface area (Å²) in [5.41, 5.74) is 1.02. The molecular weight excluding hydrogens is 296 g/mol. The molecule has 1 saturated heterocycles. The Balaban J connectivity index is 1.93. The molecular formula is C13H22N2O3S2. The van der Waals surface area contributed by atoms with Gasteiger partial charge in [0.15, 0.2) is 0 Å². The van der Waals surface area contributed by atoms with Crippen LogP contribution >= 0.6 is 11.3 Å². The fraction of sp³-hybridized carbons (Fsp3) is 0.692. The van der Waals surface area contributed by atoms with Gasteiger partial charge >= 0.3 is 0 Å². The highest BCUT2D eigenvalue weighted by molar-refractivity contribution is 7.91. The number of rotatable bonds is 7. The molecule has 2 rings (SSSR count). The lowest BCUT2D eigenvalue weighted by atomic mass is 10.1. The van der Waals surface area contributed by atoms with E-state index in [4.69, 9.17) is 4.74 Å². The summed E-state index contributed by atoms with van der Waals surface area (Å²) in [5.74, 6) is 0.489. The summed E-state index contributed by atoms with van der Waals surface area (Å²) in [4.78, 5) is 1.07. The van der Waals surface area contributed by atoms with Gasteiger partial charge in [0.25, 0.3) is 0 Å². The van der Waals surface area contributed by atoms with Crippen molar-refractivity contribution >= 4 is 21.4 Å². The fourth-order valence-electron chi connectivity index (χ4n) is 2.24. The molecule has 1 aliphatic rings. The monoisotopic (exact) mass is 318 g/mol. The quantitative estimate of drug-likeness (QED) is 0.799. The molecule has 2 N–H and O–H groups in total. The van der Waals surface area contributed by atoms with Gasteiger partial charge in [0.2, 0.25) is 10.0 Å². The molecule has 7 heteroatoms. The Kier molecular flexibility index (Phi) is 5.57. The SMILES string of the molecule is CNCc1sc(S(=O)(=O)NCCC2CCOC2)cc1C. The zero-order valence-electron chi connectivity index (χ0n) is 11.9. The van der Waals surface area contributed by atoms with Crippen LogP contribution in [0.15, 0.2) is 10.3 Å². The maximum Gasteiger partial charge on any atom is 0.250 e. The Morgan fingerprint density at radius 3 is 2.95 bits per heavy atom. The zero-order valence-corrected chi connectivity index (χ0v) is 13.6. The standard InChI is InChI=1S/C13H22N2O3S2/c1-10-7-13(19-12(10)8-14-2)20(16,17)15-5-3-11-4-6-18-9-11/h7,11,14-15H,3-6,8-9H2,1-2H3. The van der Waals surface area contributed by atoms with Gasteiger partial charge in [-0.2, -0.15) is 0 Å². The van der Waals surface area contributed by atoms with Crippen LogP contribution in [0.1, 0.15) is 23.3 Å². The number of sulfonamides is 1. The molecule has 1 aromatic heterocycles. The molecule has 0 amide bonds. The predicted molar refractivity (Wildman–Crippen MR) is 80.6 cm³/mol. The molecule has 0 saturated carbocycles. The molecule has 5 nitrogen and oxygen atoms in total. The van der Waals surface area contributed by atoms with E-state index in [-0.39, 0.29) is 0 Å². The Morgan fingerprint density at radius 2 is 2.30 bits per heavy atom. The molecule has 1 aliphatic heterocycles. The second-order valence-electron chi connectivity index (χ2n) is 5.12. The van der Waals surface area contributed by atoms with E-state index in [1.165, 1.54) is 11.3 Å². The van der Waals surface area contributed by atoms with E-state index < -0.39 is 10.0 Å². The van der Waals surface area contributed by atoms with Gasteiger partial charge in [-0.05, 0) is 44.4 Å². The number of thiophene rings is 1. The van der Waals surface area contributed by atoms with Crippen LogP contribution in [0.4, 0.5) is 0 Å². The lowest BCUT2D eigenvalue weighted by Crippen LogP contribution is -2.25. The van der Waals surface area contributed by atoms with Crippen LogP contribution in [0, 0.1) is 12.8 Å². The molecule has 1 unspecified atom stereocenters. The highest BCUT2D eigenvalue weighted by Crippen LogP contribution is 2.26. The van der Waals surface area contributed by atoms with Crippen LogP contribution in [0.2, 0.25) is 0 Å². The highest BCUT2D eigenvalue weighted by Gasteiger charge is 2.20. The minimum Gasteiger partial charge on any atom is -0.381 e. The zero-order chi connectivity index (χ0) is 14.6. The van der Waals surface area contributed by atoms with E-state index in [1.807, 2.05) is 14.0 Å². The molecule has 0 spiro atoms. The van der Waals surface area contributed by atoms with Crippen molar-refractivity contribution in [2.45, 2.75) is 30.5 Å². The van der Waals surface area contributed by atoms with E-state index in [0.29, 0.717) is 23.2 Å². The van der Waals surface area contributed by atoms with E-state index >= 15 is 0 Å². The molecule has 1 aromatic rings. The molecule has 1 fully saturated rings. The van der Waals surface area contributed by atoms with Gasteiger partial charge in [0.05, 0.1) is 0 Å². The van der Waals surface area contributed by atoms with Crippen LogP contribution in [-0.2, 0) is 21.3 Å². The van der Waals surface area contributed by atoms with Crippen LogP contribution in [-0.4, -0.2) is 35.2 Å². The van der Waals surface area contributed by atoms with Gasteiger partial charge in [-0.25, -0.2) is 13.1 Å². The first-order valence-electron chi connectivity index (χ1n) is 6.84. The van der Waals surface area contributed by atoms with E-state index in [2.05, 4.69) is 10.0 Å². The Hall–Kier alpha value is -0.470. The topological polar surface area (TPSA) is 67.4 Å². The van der Waals surface area contributed by atoms with Gasteiger partial charge < -0.3 is 10.1 Å². The second-order valence-corrected chi connectivity index (χ2v) is 8.25. The molecule has 2 heterocycles. The first kappa shape index (κ1) is 15.9. The lowest BCUT2D eigenvalue weighted by molar-refractivity contribution is 0.184. The van der Waals surface area contributed by atoms with Gasteiger partial charge in [-0.3, -0.25) is 0 Å². The number of aryl methyl sites for hydroxylation is 1. The largest absolute Gasteiger partial charge is 0.381 e. The van der Waals surface area contributed by atoms with Crippen molar-refractivity contribution in [2.24, 2.45) is 5.92 Å². The molecule has 1 atom stereocenters. The molecule has 20 heavy (non-hydrogen) atoms. The summed E-state index contributed by atoms with van der Waals surface area (Å²) in [6, 6.07) is 1.75. The smallest absolute Gasteiger partial charge is 0.250 e. The average Bonchev–Trinajstić information content (AvgIpc) is 3.01. The highest BCUT2D eigenvalue weighted by atomic mass is 32.2. The lowest BCUT2D eigenvalue weighted by Gasteiger charge is -2.08. The van der Waals surface area contributed by atoms with Crippen molar-refractivity contribution in [2.75, 3.05) is 26.8 Å². The minimum absolute atomic E-state index is 0.405. The van der Waals surface area contributed by atoms with Crippen molar-refractivity contribution in [3.8, 4) is 0 Å². The molecule has 114 valence electrons. The second kappa shape index (κ2) is 7.00. The van der Waals surface area contributed by atoms with Gasteiger partial charge in [-0.1, -0.05) is 0 Å². The third-order valence-electron chi connectivity index (χ3n) is 3.47. The summed E-state index contributed by atoms with van der Waals surface area (Å²) < 4.78 is 32.8. The van der Waals surface area contributed by atoms with Crippen molar-refractivity contribution in [3.63, 3.8) is 0 Å². The van der Waals surface area contributed by atoms with Crippen molar-refractivity contribution < 1.29 is 13.2 Å². The van der Waals surface area contributed by atoms with Crippen molar-refractivity contribution in [1.82, 2.24) is 10.0 Å². The Bertz CT molecular complexity index is 534. The van der Waals surface area contributed by atoms with Crippen LogP contribution in [0.5, 0.6) is 0 Å². The maximum atomic E-state index is 12.2. The number of hydrogen-bond acceptors (Lipinski definition) is 5. The van der Waals surface area contributed by atoms with Crippen LogP contribution < -0.4 is 10.0 Å². The maximum absolute atomic E-state index is 12.2. The van der Waals surface area contributed by atoms with Crippen LogP contribution in [0.25, 0.3) is 0 Å². The first-order valence-corrected chi connectivity index (χ1v) is 9.14. The third-order valence-corrected chi connectivity index (χ3v) is 6.64. The average molecular weight is 318 g/mol. The summed E-state index contributed by atoms with van der Waals surface area (Å²) in [6.07, 6.45) is 1.87. The van der Waals surface area contributed by atoms with Gasteiger partial charge in [0.1, 0.15) is 4.21 Å². The number of ether oxygens (including phenoxy) is 1. The molecule has 0 radical (unpaired) electrons. The number of nitrogens with one attached hydrogen (secondary N) is 2. The normalized spacial score (nSPS) is 19.6. The summed E-state index contributed by atoms with van der Waals surface area (Å²) >= 11 is 1.34. The summed E-state index contributed by atoms with van der Waals surface area (Å²) in [5, 5.41) is 3.05. The Labute approximate surface area is 124 Å². The fourth-order valence-corrected chi connectivity index (χ4v) is 4.93. The summed E-state index contributed by atoms with van der Waals surface area (Å²) in [7, 11) is -1.52. The minimum atomic E-state index is -3.37. The summed E-state index contributed by atoms with van der Waals surface area (Å²) in [6.45, 7) is 4.68. The van der Waals surface area contributed by atoms with E-state index in [0.717, 1.165) is 36.5 Å². The van der Waals surface area contributed by atoms with Gasteiger partial charge in [0, 0.05) is 31.2 Å². The molecule has 0 aliphatic carbocycles. The Morgan fingerprint density at radius 1 is 1.50 bits per heavy atom. The molecule has 0 bridgehead atoms. The third kappa shape index (κ3) is 4.02. The van der Waals surface area contributed by atoms with E-state index in [9.17, 15) is 8.42 Å². The van der Waals surface area contributed by atoms with Crippen LogP contribution in [0.3, 0.4) is 0 Å². The first-order chi connectivity index (χ1) is 9.53. The van der Waals surface area contributed by atoms with Gasteiger partial charge in [-0.15, -0.1) is 11.3 Å². The number of hydrogen-bond donors (Lipinski definition) is 2. The van der Waals surface area contributed by atoms with Crippen molar-refractivity contribution in [3.05, 3.63) is 16.5 Å². The predicted octanol–water partition coefficient (Wildman–Crippen LogP) is 1.48.